The van der Waals surface area contributed by atoms with Crippen LogP contribution in [-0.2, 0) is 22.4 Å². The van der Waals surface area contributed by atoms with Crippen molar-refractivity contribution in [2.45, 2.75) is 64.2 Å². The Morgan fingerprint density at radius 1 is 1.29 bits per heavy atom. The first kappa shape index (κ1) is 17.2. The van der Waals surface area contributed by atoms with Crippen molar-refractivity contribution in [1.29, 1.82) is 0 Å². The summed E-state index contributed by atoms with van der Waals surface area (Å²) in [6.07, 6.45) is 9.96. The number of aromatic hydroxyl groups is 1. The van der Waals surface area contributed by atoms with Crippen LogP contribution in [0.4, 0.5) is 4.39 Å². The molecule has 0 bridgehead atoms. The molecule has 1 aromatic rings. The van der Waals surface area contributed by atoms with E-state index in [-0.39, 0.29) is 17.5 Å². The Kier molecular flexibility index (Phi) is 5.12. The number of methoxy groups -OCH3 is 1. The number of aryl methyl sites for hydroxylation is 1. The summed E-state index contributed by atoms with van der Waals surface area (Å²) < 4.78 is 18.7. The van der Waals surface area contributed by atoms with Gasteiger partial charge < -0.3 is 9.84 Å². The molecule has 0 radical (unpaired) electrons. The molecule has 1 saturated carbocycles. The fourth-order valence-corrected chi connectivity index (χ4v) is 4.45. The number of unbranched alkanes of at least 4 members (excludes halogenated alkanes) is 2. The number of hydrogen-bond donors (Lipinski definition) is 1. The maximum absolute atomic E-state index is 14.1. The monoisotopic (exact) mass is 334 g/mol. The highest BCUT2D eigenvalue weighted by Gasteiger charge is 2.52. The maximum atomic E-state index is 14.1. The van der Waals surface area contributed by atoms with Gasteiger partial charge in [-0.1, -0.05) is 12.8 Å². The smallest absolute Gasteiger partial charge is 0.305 e. The van der Waals surface area contributed by atoms with Gasteiger partial charge in [-0.05, 0) is 73.5 Å². The molecule has 3 nitrogen and oxygen atoms in total. The molecule has 3 rings (SSSR count). The molecule has 0 amide bonds. The minimum Gasteiger partial charge on any atom is -0.508 e. The molecule has 1 spiro atoms. The fourth-order valence-electron chi connectivity index (χ4n) is 4.45. The third-order valence-corrected chi connectivity index (χ3v) is 6.06. The van der Waals surface area contributed by atoms with Gasteiger partial charge in [-0.2, -0.15) is 0 Å². The van der Waals surface area contributed by atoms with Crippen molar-refractivity contribution in [3.05, 3.63) is 29.1 Å². The number of esters is 1. The van der Waals surface area contributed by atoms with E-state index in [1.165, 1.54) is 26.0 Å². The lowest BCUT2D eigenvalue weighted by molar-refractivity contribution is -0.140. The molecule has 1 aromatic carbocycles. The predicted molar refractivity (Wildman–Crippen MR) is 90.3 cm³/mol. The van der Waals surface area contributed by atoms with E-state index >= 15 is 0 Å². The highest BCUT2D eigenvalue weighted by Crippen LogP contribution is 2.62. The molecule has 2 atom stereocenters. The molecule has 1 fully saturated rings. The van der Waals surface area contributed by atoms with Gasteiger partial charge in [0.05, 0.1) is 7.11 Å². The summed E-state index contributed by atoms with van der Waals surface area (Å²) in [5, 5.41) is 9.61. The Hall–Kier alpha value is -1.58. The summed E-state index contributed by atoms with van der Waals surface area (Å²) >= 11 is 0. The number of phenols is 1. The average Bonchev–Trinajstić information content (AvgIpc) is 3.28. The van der Waals surface area contributed by atoms with Gasteiger partial charge in [-0.25, -0.2) is 4.39 Å². The van der Waals surface area contributed by atoms with Crippen LogP contribution in [0, 0.1) is 17.2 Å². The molecule has 1 N–H and O–H groups in total. The fraction of sp³-hybridized carbons (Fsp3) is 0.650. The van der Waals surface area contributed by atoms with Crippen molar-refractivity contribution in [2.75, 3.05) is 7.11 Å². The van der Waals surface area contributed by atoms with E-state index in [1.54, 1.807) is 6.07 Å². The summed E-state index contributed by atoms with van der Waals surface area (Å²) in [6, 6.07) is 2.98. The molecule has 132 valence electrons. The van der Waals surface area contributed by atoms with Crippen LogP contribution in [0.25, 0.3) is 0 Å². The van der Waals surface area contributed by atoms with Crippen LogP contribution < -0.4 is 0 Å². The van der Waals surface area contributed by atoms with Crippen LogP contribution in [0.1, 0.15) is 62.5 Å². The highest BCUT2D eigenvalue weighted by atomic mass is 19.1. The van der Waals surface area contributed by atoms with E-state index in [2.05, 4.69) is 4.74 Å². The van der Waals surface area contributed by atoms with Crippen LogP contribution in [0.2, 0.25) is 0 Å². The average molecular weight is 334 g/mol. The number of phenolic OH excluding ortho intramolecular Hbond substituents is 1. The third-order valence-electron chi connectivity index (χ3n) is 6.06. The number of ether oxygens (including phenoxy) is 1. The van der Waals surface area contributed by atoms with Crippen molar-refractivity contribution >= 4 is 5.97 Å². The molecule has 2 aliphatic rings. The molecule has 0 aliphatic heterocycles. The van der Waals surface area contributed by atoms with Gasteiger partial charge in [-0.15, -0.1) is 0 Å². The Morgan fingerprint density at radius 2 is 2.08 bits per heavy atom. The van der Waals surface area contributed by atoms with Crippen LogP contribution in [-0.4, -0.2) is 18.2 Å². The Morgan fingerprint density at radius 3 is 2.88 bits per heavy atom. The second-order valence-electron chi connectivity index (χ2n) is 7.50. The molecule has 4 heteroatoms. The van der Waals surface area contributed by atoms with Crippen molar-refractivity contribution in [2.24, 2.45) is 11.3 Å². The quantitative estimate of drug-likeness (QED) is 0.614. The van der Waals surface area contributed by atoms with E-state index in [4.69, 9.17) is 0 Å². The number of benzene rings is 1. The van der Waals surface area contributed by atoms with Gasteiger partial charge in [0, 0.05) is 12.5 Å². The molecule has 2 aliphatic carbocycles. The van der Waals surface area contributed by atoms with Crippen LogP contribution in [0.5, 0.6) is 5.75 Å². The largest absolute Gasteiger partial charge is 0.508 e. The van der Waals surface area contributed by atoms with Gasteiger partial charge in [0.2, 0.25) is 0 Å². The lowest BCUT2D eigenvalue weighted by Crippen LogP contribution is -2.05. The van der Waals surface area contributed by atoms with E-state index in [1.807, 2.05) is 0 Å². The molecule has 24 heavy (non-hydrogen) atoms. The highest BCUT2D eigenvalue weighted by molar-refractivity contribution is 5.68. The topological polar surface area (TPSA) is 46.5 Å². The second-order valence-corrected chi connectivity index (χ2v) is 7.50. The zero-order chi connectivity index (χ0) is 17.2. The first-order chi connectivity index (χ1) is 11.5. The Balaban J connectivity index is 1.46. The van der Waals surface area contributed by atoms with E-state index in [0.717, 1.165) is 62.0 Å². The molecule has 0 saturated heterocycles. The summed E-state index contributed by atoms with van der Waals surface area (Å²) in [5.41, 5.74) is 2.20. The van der Waals surface area contributed by atoms with E-state index < -0.39 is 0 Å². The minimum absolute atomic E-state index is 0.0418. The number of rotatable bonds is 6. The van der Waals surface area contributed by atoms with Crippen molar-refractivity contribution in [3.8, 4) is 5.75 Å². The number of fused-ring (bicyclic) bond motifs is 1. The Bertz CT molecular complexity index is 613. The van der Waals surface area contributed by atoms with Gasteiger partial charge in [-0.3, -0.25) is 4.79 Å². The van der Waals surface area contributed by atoms with Gasteiger partial charge in [0.15, 0.2) is 0 Å². The molecular weight excluding hydrogens is 307 g/mol. The summed E-state index contributed by atoms with van der Waals surface area (Å²) in [5.74, 6) is 0.425. The molecule has 2 unspecified atom stereocenters. The van der Waals surface area contributed by atoms with Crippen LogP contribution in [0.3, 0.4) is 0 Å². The Labute approximate surface area is 143 Å². The van der Waals surface area contributed by atoms with Crippen LogP contribution >= 0.6 is 0 Å². The lowest BCUT2D eigenvalue weighted by Gasteiger charge is -2.14. The van der Waals surface area contributed by atoms with Gasteiger partial charge in [0.1, 0.15) is 11.6 Å². The SMILES string of the molecule is COC(=O)CCCCCC1CC12CCc1cc(O)cc(F)c1CC2. The minimum atomic E-state index is -0.248. The molecule has 0 aromatic heterocycles. The number of carbonyl (C=O) groups is 1. The van der Waals surface area contributed by atoms with Crippen LogP contribution in [0.15, 0.2) is 12.1 Å². The zero-order valence-electron chi connectivity index (χ0n) is 14.4. The van der Waals surface area contributed by atoms with Gasteiger partial charge >= 0.3 is 5.97 Å². The zero-order valence-corrected chi connectivity index (χ0v) is 14.4. The number of halogens is 1. The van der Waals surface area contributed by atoms with Crippen molar-refractivity contribution in [1.82, 2.24) is 0 Å². The molecule has 0 heterocycles. The predicted octanol–water partition coefficient (Wildman–Crippen LogP) is 4.54. The number of hydrogen-bond acceptors (Lipinski definition) is 3. The van der Waals surface area contributed by atoms with E-state index in [9.17, 15) is 14.3 Å². The standard InChI is InChI=1S/C20H27FO3/c1-24-19(23)6-4-2-3-5-15-13-20(15)9-7-14-11-16(22)12-18(21)17(14)8-10-20/h11-12,15,22H,2-10,13H2,1H3. The number of carbonyl (C=O) groups excluding carboxylic acids is 1. The normalized spacial score (nSPS) is 25.2. The van der Waals surface area contributed by atoms with E-state index in [0.29, 0.717) is 11.8 Å². The third kappa shape index (κ3) is 3.73. The summed E-state index contributed by atoms with van der Waals surface area (Å²) in [7, 11) is 1.43. The molecular formula is C20H27FO3. The van der Waals surface area contributed by atoms with Crippen molar-refractivity contribution in [3.63, 3.8) is 0 Å². The second kappa shape index (κ2) is 7.12. The van der Waals surface area contributed by atoms with Gasteiger partial charge in [0.25, 0.3) is 0 Å². The first-order valence-corrected chi connectivity index (χ1v) is 9.11. The summed E-state index contributed by atoms with van der Waals surface area (Å²) in [4.78, 5) is 11.1. The van der Waals surface area contributed by atoms with Crippen molar-refractivity contribution < 1.29 is 19.0 Å². The maximum Gasteiger partial charge on any atom is 0.305 e. The first-order valence-electron chi connectivity index (χ1n) is 9.11. The summed E-state index contributed by atoms with van der Waals surface area (Å²) in [6.45, 7) is 0. The lowest BCUT2D eigenvalue weighted by atomic mass is 9.91.